The molecule has 0 spiro atoms. The molecule has 9 heteroatoms. The summed E-state index contributed by atoms with van der Waals surface area (Å²) in [6, 6.07) is 11.7. The minimum atomic E-state index is -0.635. The smallest absolute Gasteiger partial charge is 0.267 e. The van der Waals surface area contributed by atoms with Gasteiger partial charge in [0.25, 0.3) is 11.8 Å². The van der Waals surface area contributed by atoms with E-state index in [0.717, 1.165) is 5.56 Å². The van der Waals surface area contributed by atoms with Gasteiger partial charge in [0.2, 0.25) is 0 Å². The van der Waals surface area contributed by atoms with E-state index in [9.17, 15) is 9.59 Å². The first-order chi connectivity index (χ1) is 11.6. The predicted octanol–water partition coefficient (Wildman–Crippen LogP) is 6.15. The maximum Gasteiger partial charge on any atom is 0.272 e. The van der Waals surface area contributed by atoms with Crippen LogP contribution >= 0.6 is 60.4 Å². The first kappa shape index (κ1) is 29.0. The van der Waals surface area contributed by atoms with Crippen LogP contribution in [-0.2, 0) is 0 Å². The molecule has 0 radical (unpaired) electrons. The fourth-order valence-electron chi connectivity index (χ4n) is 2.15. The maximum absolute atomic E-state index is 12.9. The molecule has 1 N–H and O–H groups in total. The highest BCUT2D eigenvalue weighted by atomic mass is 35.5. The molecule has 0 aliphatic carbocycles. The Hall–Kier alpha value is -1.17. The second kappa shape index (κ2) is 11.7. The monoisotopic (exact) mass is 486 g/mol. The van der Waals surface area contributed by atoms with E-state index in [1.807, 2.05) is 39.8 Å². The molecule has 0 saturated heterocycles. The van der Waals surface area contributed by atoms with Crippen LogP contribution in [0.25, 0.3) is 0 Å². The standard InChI is InChI=1S/C19H20Cl2N2O2.3ClH/c1-12-5-7-13(8-6-12)17(24)22-23(19(2,3)4)18(25)14-9-10-15(20)16(21)11-14;;;/h5-11H,1-4H3,(H,22,24);3*1H. The zero-order chi connectivity index (χ0) is 18.8. The van der Waals surface area contributed by atoms with Crippen LogP contribution in [0.5, 0.6) is 0 Å². The van der Waals surface area contributed by atoms with Crippen molar-refractivity contribution in [2.45, 2.75) is 33.2 Å². The fraction of sp³-hybridized carbons (Fsp3) is 0.263. The summed E-state index contributed by atoms with van der Waals surface area (Å²) in [6.07, 6.45) is 0. The number of carbonyl (C=O) groups excluding carboxylic acids is 2. The Balaban J connectivity index is 0. The molecule has 4 nitrogen and oxygen atoms in total. The number of benzene rings is 2. The van der Waals surface area contributed by atoms with Gasteiger partial charge in [0.15, 0.2) is 0 Å². The summed E-state index contributed by atoms with van der Waals surface area (Å²) in [5.41, 5.74) is 3.93. The second-order valence-corrected chi connectivity index (χ2v) is 7.56. The summed E-state index contributed by atoms with van der Waals surface area (Å²) < 4.78 is 0. The topological polar surface area (TPSA) is 49.4 Å². The molecule has 0 unspecified atom stereocenters. The van der Waals surface area contributed by atoms with Gasteiger partial charge in [-0.15, -0.1) is 37.2 Å². The van der Waals surface area contributed by atoms with Crippen molar-refractivity contribution in [2.24, 2.45) is 0 Å². The maximum atomic E-state index is 12.9. The fourth-order valence-corrected chi connectivity index (χ4v) is 2.45. The van der Waals surface area contributed by atoms with Gasteiger partial charge < -0.3 is 0 Å². The molecular formula is C19H23Cl5N2O2. The van der Waals surface area contributed by atoms with Crippen LogP contribution in [0.1, 0.15) is 47.1 Å². The van der Waals surface area contributed by atoms with E-state index in [2.05, 4.69) is 5.43 Å². The third kappa shape index (κ3) is 7.34. The van der Waals surface area contributed by atoms with Gasteiger partial charge in [0.1, 0.15) is 0 Å². The van der Waals surface area contributed by atoms with Crippen LogP contribution in [0.3, 0.4) is 0 Å². The summed E-state index contributed by atoms with van der Waals surface area (Å²) in [5, 5.41) is 1.95. The van der Waals surface area contributed by atoms with Gasteiger partial charge in [-0.05, 0) is 58.0 Å². The van der Waals surface area contributed by atoms with Gasteiger partial charge in [0.05, 0.1) is 15.6 Å². The molecule has 0 aliphatic heterocycles. The van der Waals surface area contributed by atoms with Crippen molar-refractivity contribution in [3.05, 3.63) is 69.2 Å². The Labute approximate surface area is 194 Å². The van der Waals surface area contributed by atoms with Gasteiger partial charge >= 0.3 is 0 Å². The molecule has 0 bridgehead atoms. The summed E-state index contributed by atoms with van der Waals surface area (Å²) in [4.78, 5) is 25.4. The first-order valence-electron chi connectivity index (χ1n) is 7.77. The Morgan fingerprint density at radius 1 is 0.857 bits per heavy atom. The lowest BCUT2D eigenvalue weighted by molar-refractivity contribution is 0.0358. The Morgan fingerprint density at radius 2 is 1.36 bits per heavy atom. The Bertz CT molecular complexity index is 805. The number of amides is 2. The third-order valence-corrected chi connectivity index (χ3v) is 4.31. The zero-order valence-electron chi connectivity index (χ0n) is 15.8. The van der Waals surface area contributed by atoms with Crippen LogP contribution in [0.2, 0.25) is 10.0 Å². The van der Waals surface area contributed by atoms with Crippen LogP contribution < -0.4 is 5.43 Å². The molecule has 0 fully saturated rings. The lowest BCUT2D eigenvalue weighted by Crippen LogP contribution is -2.55. The third-order valence-electron chi connectivity index (χ3n) is 3.57. The molecule has 2 aromatic rings. The Morgan fingerprint density at radius 3 is 1.82 bits per heavy atom. The number of halogens is 5. The number of nitrogens with one attached hydrogen (secondary N) is 1. The van der Waals surface area contributed by atoms with Crippen LogP contribution in [0.4, 0.5) is 0 Å². The summed E-state index contributed by atoms with van der Waals surface area (Å²) >= 11 is 11.9. The van der Waals surface area contributed by atoms with Crippen molar-refractivity contribution in [3.63, 3.8) is 0 Å². The molecule has 2 aromatic carbocycles. The first-order valence-corrected chi connectivity index (χ1v) is 8.52. The molecule has 0 aromatic heterocycles. The molecule has 0 saturated carbocycles. The van der Waals surface area contributed by atoms with Crippen LogP contribution in [0, 0.1) is 6.92 Å². The van der Waals surface area contributed by atoms with Gasteiger partial charge in [-0.25, -0.2) is 5.01 Å². The van der Waals surface area contributed by atoms with Gasteiger partial charge in [-0.2, -0.15) is 0 Å². The van der Waals surface area contributed by atoms with Crippen LogP contribution in [0.15, 0.2) is 42.5 Å². The molecular weight excluding hydrogens is 465 g/mol. The largest absolute Gasteiger partial charge is 0.272 e. The summed E-state index contributed by atoms with van der Waals surface area (Å²) in [7, 11) is 0. The number of hydrogen-bond donors (Lipinski definition) is 1. The number of rotatable bonds is 2. The van der Waals surface area contributed by atoms with Crippen molar-refractivity contribution in [2.75, 3.05) is 0 Å². The minimum Gasteiger partial charge on any atom is -0.267 e. The highest BCUT2D eigenvalue weighted by Crippen LogP contribution is 2.24. The van der Waals surface area contributed by atoms with E-state index in [-0.39, 0.29) is 54.1 Å². The average molecular weight is 489 g/mol. The molecule has 156 valence electrons. The van der Waals surface area contributed by atoms with Gasteiger partial charge in [-0.3, -0.25) is 15.0 Å². The van der Waals surface area contributed by atoms with E-state index >= 15 is 0 Å². The number of nitrogens with zero attached hydrogens (tertiary/aromatic N) is 1. The van der Waals surface area contributed by atoms with Crippen molar-refractivity contribution >= 4 is 72.2 Å². The predicted molar refractivity (Wildman–Crippen MR) is 123 cm³/mol. The quantitative estimate of drug-likeness (QED) is 0.515. The van der Waals surface area contributed by atoms with Crippen molar-refractivity contribution in [3.8, 4) is 0 Å². The van der Waals surface area contributed by atoms with E-state index in [4.69, 9.17) is 23.2 Å². The van der Waals surface area contributed by atoms with Crippen molar-refractivity contribution in [1.82, 2.24) is 10.4 Å². The number of hydrogen-bond acceptors (Lipinski definition) is 2. The van der Waals surface area contributed by atoms with E-state index in [0.29, 0.717) is 16.1 Å². The number of hydrazine groups is 1. The zero-order valence-corrected chi connectivity index (χ0v) is 19.7. The lowest BCUT2D eigenvalue weighted by atomic mass is 10.1. The molecule has 2 rings (SSSR count). The highest BCUT2D eigenvalue weighted by molar-refractivity contribution is 6.42. The Kier molecular flexibility index (Phi) is 12.2. The van der Waals surface area contributed by atoms with E-state index < -0.39 is 5.54 Å². The number of aryl methyl sites for hydroxylation is 1. The molecule has 0 aliphatic rings. The van der Waals surface area contributed by atoms with Gasteiger partial charge in [0, 0.05) is 11.1 Å². The van der Waals surface area contributed by atoms with Crippen molar-refractivity contribution in [1.29, 1.82) is 0 Å². The molecule has 0 atom stereocenters. The second-order valence-electron chi connectivity index (χ2n) is 6.75. The van der Waals surface area contributed by atoms with Crippen LogP contribution in [-0.4, -0.2) is 22.4 Å². The molecule has 2 amide bonds. The molecule has 0 heterocycles. The lowest BCUT2D eigenvalue weighted by Gasteiger charge is -2.35. The summed E-state index contributed by atoms with van der Waals surface area (Å²) in [5.74, 6) is -0.727. The van der Waals surface area contributed by atoms with E-state index in [1.54, 1.807) is 24.3 Å². The SMILES string of the molecule is Cc1ccc(C(=O)NN(C(=O)c2ccc(Cl)c(Cl)c2)C(C)(C)C)cc1.Cl.Cl.Cl. The molecule has 28 heavy (non-hydrogen) atoms. The summed E-state index contributed by atoms with van der Waals surface area (Å²) in [6.45, 7) is 7.44. The normalized spacial score (nSPS) is 9.93. The van der Waals surface area contributed by atoms with Crippen molar-refractivity contribution < 1.29 is 9.59 Å². The van der Waals surface area contributed by atoms with E-state index in [1.165, 1.54) is 11.1 Å². The van der Waals surface area contributed by atoms with Gasteiger partial charge in [-0.1, -0.05) is 40.9 Å². The average Bonchev–Trinajstić information content (AvgIpc) is 2.54. The highest BCUT2D eigenvalue weighted by Gasteiger charge is 2.29. The minimum absolute atomic E-state index is 0. The number of carbonyl (C=O) groups is 2.